The van der Waals surface area contributed by atoms with Crippen LogP contribution in [0.4, 0.5) is 0 Å². The number of rotatable bonds is 5. The first kappa shape index (κ1) is 14.6. The lowest BCUT2D eigenvalue weighted by Gasteiger charge is -2.24. The molecule has 2 rings (SSSR count). The highest BCUT2D eigenvalue weighted by Gasteiger charge is 2.23. The maximum absolute atomic E-state index is 12.2. The molecule has 20 heavy (non-hydrogen) atoms. The number of carbonyl (C=O) groups excluding carboxylic acids is 1. The molecule has 1 aromatic carbocycles. The van der Waals surface area contributed by atoms with Crippen molar-refractivity contribution in [1.82, 2.24) is 4.90 Å². The third-order valence-electron chi connectivity index (χ3n) is 4.12. The number of carboxylic acid groups (broad SMARTS) is 1. The largest absolute Gasteiger partial charge is 0.478 e. The van der Waals surface area contributed by atoms with Gasteiger partial charge >= 0.3 is 5.97 Å². The number of benzene rings is 1. The number of carbonyl (C=O) groups is 2. The Balaban J connectivity index is 1.94. The Hall–Kier alpha value is -1.84. The van der Waals surface area contributed by atoms with Crippen molar-refractivity contribution in [2.24, 2.45) is 0 Å². The van der Waals surface area contributed by atoms with Crippen LogP contribution in [0.15, 0.2) is 24.3 Å². The van der Waals surface area contributed by atoms with Crippen molar-refractivity contribution < 1.29 is 14.7 Å². The van der Waals surface area contributed by atoms with E-state index in [1.54, 1.807) is 18.2 Å². The lowest BCUT2D eigenvalue weighted by Crippen LogP contribution is -2.35. The number of hydrogen-bond acceptors (Lipinski definition) is 2. The Kier molecular flexibility index (Phi) is 4.77. The van der Waals surface area contributed by atoms with Crippen LogP contribution in [-0.2, 0) is 11.2 Å². The molecule has 0 atom stereocenters. The molecule has 1 saturated carbocycles. The molecule has 0 aromatic heterocycles. The Morgan fingerprint density at radius 1 is 1.25 bits per heavy atom. The van der Waals surface area contributed by atoms with E-state index in [1.165, 1.54) is 12.8 Å². The molecule has 1 aromatic rings. The maximum atomic E-state index is 12.2. The van der Waals surface area contributed by atoms with Gasteiger partial charge in [0.25, 0.3) is 0 Å². The molecule has 0 aliphatic heterocycles. The monoisotopic (exact) mass is 275 g/mol. The van der Waals surface area contributed by atoms with Crippen molar-refractivity contribution in [3.63, 3.8) is 0 Å². The molecule has 4 heteroatoms. The number of amides is 1. The number of aromatic carboxylic acids is 1. The summed E-state index contributed by atoms with van der Waals surface area (Å²) in [5.74, 6) is -0.825. The minimum atomic E-state index is -0.933. The van der Waals surface area contributed by atoms with Crippen LogP contribution in [0.25, 0.3) is 0 Å². The van der Waals surface area contributed by atoms with Gasteiger partial charge in [0.2, 0.25) is 5.91 Å². The second-order valence-electron chi connectivity index (χ2n) is 5.41. The predicted octanol–water partition coefficient (Wildman–Crippen LogP) is 2.72. The fourth-order valence-electron chi connectivity index (χ4n) is 2.86. The molecule has 4 nitrogen and oxygen atoms in total. The summed E-state index contributed by atoms with van der Waals surface area (Å²) in [4.78, 5) is 25.1. The summed E-state index contributed by atoms with van der Waals surface area (Å²) in [6.07, 6.45) is 5.44. The fourth-order valence-corrected chi connectivity index (χ4v) is 2.86. The number of nitrogens with zero attached hydrogens (tertiary/aromatic N) is 1. The van der Waals surface area contributed by atoms with Gasteiger partial charge in [0.05, 0.1) is 5.56 Å². The summed E-state index contributed by atoms with van der Waals surface area (Å²) in [7, 11) is 1.86. The van der Waals surface area contributed by atoms with Gasteiger partial charge in [0.15, 0.2) is 0 Å². The topological polar surface area (TPSA) is 57.6 Å². The highest BCUT2D eigenvalue weighted by atomic mass is 16.4. The molecule has 0 unspecified atom stereocenters. The molecule has 1 N–H and O–H groups in total. The Labute approximate surface area is 119 Å². The summed E-state index contributed by atoms with van der Waals surface area (Å²) >= 11 is 0. The van der Waals surface area contributed by atoms with Gasteiger partial charge in [-0.3, -0.25) is 4.79 Å². The molecule has 1 amide bonds. The Morgan fingerprint density at radius 3 is 2.55 bits per heavy atom. The highest BCUT2D eigenvalue weighted by Crippen LogP contribution is 2.23. The van der Waals surface area contributed by atoms with Crippen LogP contribution in [0, 0.1) is 0 Å². The SMILES string of the molecule is CN(C(=O)CCc1ccccc1C(=O)O)C1CCCC1. The van der Waals surface area contributed by atoms with Gasteiger partial charge in [-0.2, -0.15) is 0 Å². The van der Waals surface area contributed by atoms with E-state index in [2.05, 4.69) is 0 Å². The van der Waals surface area contributed by atoms with E-state index in [1.807, 2.05) is 18.0 Å². The molecule has 0 radical (unpaired) electrons. The van der Waals surface area contributed by atoms with Crippen LogP contribution in [-0.4, -0.2) is 35.0 Å². The van der Waals surface area contributed by atoms with Crippen molar-refractivity contribution in [3.05, 3.63) is 35.4 Å². The van der Waals surface area contributed by atoms with Gasteiger partial charge in [0.1, 0.15) is 0 Å². The smallest absolute Gasteiger partial charge is 0.335 e. The minimum Gasteiger partial charge on any atom is -0.478 e. The van der Waals surface area contributed by atoms with E-state index in [9.17, 15) is 9.59 Å². The van der Waals surface area contributed by atoms with E-state index >= 15 is 0 Å². The normalized spacial score (nSPS) is 15.2. The molecule has 0 saturated heterocycles. The molecule has 0 heterocycles. The number of aryl methyl sites for hydroxylation is 1. The number of carboxylic acids is 1. The van der Waals surface area contributed by atoms with Crippen molar-refractivity contribution in [2.75, 3.05) is 7.05 Å². The Bertz CT molecular complexity index is 492. The molecule has 0 bridgehead atoms. The highest BCUT2D eigenvalue weighted by molar-refractivity contribution is 5.89. The van der Waals surface area contributed by atoms with Crippen LogP contribution in [0.2, 0.25) is 0 Å². The zero-order valence-corrected chi connectivity index (χ0v) is 11.8. The van der Waals surface area contributed by atoms with Crippen LogP contribution < -0.4 is 0 Å². The molecule has 1 aliphatic carbocycles. The number of hydrogen-bond donors (Lipinski definition) is 1. The molecule has 1 aliphatic rings. The lowest BCUT2D eigenvalue weighted by atomic mass is 10.0. The molecule has 0 spiro atoms. The molecule has 108 valence electrons. The molecular weight excluding hydrogens is 254 g/mol. The molecule has 1 fully saturated rings. The van der Waals surface area contributed by atoms with E-state index < -0.39 is 5.97 Å². The summed E-state index contributed by atoms with van der Waals surface area (Å²) in [5, 5.41) is 9.12. The first-order valence-corrected chi connectivity index (χ1v) is 7.16. The van der Waals surface area contributed by atoms with Gasteiger partial charge in [-0.25, -0.2) is 4.79 Å². The lowest BCUT2D eigenvalue weighted by molar-refractivity contribution is -0.131. The third kappa shape index (κ3) is 3.38. The third-order valence-corrected chi connectivity index (χ3v) is 4.12. The summed E-state index contributed by atoms with van der Waals surface area (Å²) < 4.78 is 0. The van der Waals surface area contributed by atoms with Crippen LogP contribution in [0.3, 0.4) is 0 Å². The fraction of sp³-hybridized carbons (Fsp3) is 0.500. The van der Waals surface area contributed by atoms with Gasteiger partial charge in [-0.05, 0) is 30.9 Å². The summed E-state index contributed by atoms with van der Waals surface area (Å²) in [6, 6.07) is 7.26. The standard InChI is InChI=1S/C16H21NO3/c1-17(13-7-3-4-8-13)15(18)11-10-12-6-2-5-9-14(12)16(19)20/h2,5-6,9,13H,3-4,7-8,10-11H2,1H3,(H,19,20). The second-order valence-corrected chi connectivity index (χ2v) is 5.41. The van der Waals surface area contributed by atoms with Crippen LogP contribution in [0.1, 0.15) is 48.0 Å². The van der Waals surface area contributed by atoms with Gasteiger partial charge in [-0.15, -0.1) is 0 Å². The average Bonchev–Trinajstić information content (AvgIpc) is 2.98. The van der Waals surface area contributed by atoms with Crippen molar-refractivity contribution in [1.29, 1.82) is 0 Å². The van der Waals surface area contributed by atoms with Crippen molar-refractivity contribution in [2.45, 2.75) is 44.6 Å². The Morgan fingerprint density at radius 2 is 1.90 bits per heavy atom. The van der Waals surface area contributed by atoms with E-state index in [0.717, 1.165) is 18.4 Å². The quantitative estimate of drug-likeness (QED) is 0.899. The van der Waals surface area contributed by atoms with Crippen molar-refractivity contribution >= 4 is 11.9 Å². The van der Waals surface area contributed by atoms with Gasteiger partial charge < -0.3 is 10.0 Å². The predicted molar refractivity (Wildman–Crippen MR) is 76.7 cm³/mol. The summed E-state index contributed by atoms with van der Waals surface area (Å²) in [5.41, 5.74) is 1.02. The summed E-state index contributed by atoms with van der Waals surface area (Å²) in [6.45, 7) is 0. The van der Waals surface area contributed by atoms with Gasteiger partial charge in [-0.1, -0.05) is 31.0 Å². The maximum Gasteiger partial charge on any atom is 0.335 e. The van der Waals surface area contributed by atoms with Gasteiger partial charge in [0, 0.05) is 19.5 Å². The van der Waals surface area contributed by atoms with E-state index in [-0.39, 0.29) is 5.91 Å². The average molecular weight is 275 g/mol. The zero-order chi connectivity index (χ0) is 14.5. The van der Waals surface area contributed by atoms with Crippen LogP contribution in [0.5, 0.6) is 0 Å². The first-order chi connectivity index (χ1) is 9.59. The van der Waals surface area contributed by atoms with Crippen molar-refractivity contribution in [3.8, 4) is 0 Å². The van der Waals surface area contributed by atoms with E-state index in [0.29, 0.717) is 24.4 Å². The van der Waals surface area contributed by atoms with E-state index in [4.69, 9.17) is 5.11 Å². The second kappa shape index (κ2) is 6.55. The van der Waals surface area contributed by atoms with Crippen LogP contribution >= 0.6 is 0 Å². The zero-order valence-electron chi connectivity index (χ0n) is 11.8. The first-order valence-electron chi connectivity index (χ1n) is 7.16. The molecular formula is C16H21NO3. The minimum absolute atomic E-state index is 0.108.